The largest absolute Gasteiger partial charge is 0.338 e. The van der Waals surface area contributed by atoms with Crippen LogP contribution in [0.5, 0.6) is 0 Å². The number of urea groups is 1. The predicted molar refractivity (Wildman–Crippen MR) is 114 cm³/mol. The van der Waals surface area contributed by atoms with Crippen LogP contribution in [0.15, 0.2) is 42.5 Å². The molecule has 0 saturated carbocycles. The van der Waals surface area contributed by atoms with Crippen LogP contribution < -0.4 is 21.3 Å². The first-order chi connectivity index (χ1) is 13.8. The Hall–Kier alpha value is -3.19. The van der Waals surface area contributed by atoms with Crippen LogP contribution >= 0.6 is 0 Å². The second-order valence-electron chi connectivity index (χ2n) is 6.90. The Morgan fingerprint density at radius 3 is 2.17 bits per heavy atom. The first-order valence-electron chi connectivity index (χ1n) is 9.56. The van der Waals surface area contributed by atoms with Crippen LogP contribution in [0.2, 0.25) is 0 Å². The Kier molecular flexibility index (Phi) is 7.91. The molecule has 0 fully saturated rings. The minimum Gasteiger partial charge on any atom is -0.338 e. The van der Waals surface area contributed by atoms with Gasteiger partial charge in [-0.3, -0.25) is 20.2 Å². The molecule has 4 N–H and O–H groups in total. The summed E-state index contributed by atoms with van der Waals surface area (Å²) in [7, 11) is 0. The van der Waals surface area contributed by atoms with Crippen molar-refractivity contribution in [3.8, 4) is 0 Å². The SMILES string of the molecule is CCNC(=O)NC(=O)[C@@H](NCC(=O)Nc1c(C)cc(C)cc1C)c1ccccc1. The standard InChI is InChI=1S/C22H28N4O3/c1-5-23-22(29)26-21(28)20(17-9-7-6-8-10-17)24-13-18(27)25-19-15(3)11-14(2)12-16(19)4/h6-12,20,24H,5,13H2,1-4H3,(H,25,27)(H2,23,26,28,29)/t20-/m0/s1. The monoisotopic (exact) mass is 396 g/mol. The van der Waals surface area contributed by atoms with Gasteiger partial charge < -0.3 is 10.6 Å². The lowest BCUT2D eigenvalue weighted by molar-refractivity contribution is -0.122. The molecule has 4 amide bonds. The van der Waals surface area contributed by atoms with E-state index in [2.05, 4.69) is 21.3 Å². The number of carbonyl (C=O) groups excluding carboxylic acids is 3. The third kappa shape index (κ3) is 6.43. The number of benzene rings is 2. The summed E-state index contributed by atoms with van der Waals surface area (Å²) in [5, 5.41) is 10.7. The summed E-state index contributed by atoms with van der Waals surface area (Å²) in [6.45, 7) is 7.96. The number of amides is 4. The highest BCUT2D eigenvalue weighted by molar-refractivity contribution is 5.98. The van der Waals surface area contributed by atoms with Crippen LogP contribution in [-0.4, -0.2) is 30.9 Å². The van der Waals surface area contributed by atoms with Crippen molar-refractivity contribution in [2.45, 2.75) is 33.7 Å². The molecule has 0 heterocycles. The Labute approximate surface area is 171 Å². The lowest BCUT2D eigenvalue weighted by atomic mass is 10.0. The molecule has 0 bridgehead atoms. The van der Waals surface area contributed by atoms with Crippen LogP contribution in [-0.2, 0) is 9.59 Å². The molecule has 0 spiro atoms. The Morgan fingerprint density at radius 2 is 1.59 bits per heavy atom. The molecule has 29 heavy (non-hydrogen) atoms. The molecule has 2 rings (SSSR count). The number of hydrogen-bond acceptors (Lipinski definition) is 4. The van der Waals surface area contributed by atoms with Gasteiger partial charge in [-0.25, -0.2) is 4.79 Å². The summed E-state index contributed by atoms with van der Waals surface area (Å²) in [5.41, 5.74) is 4.51. The number of nitrogens with one attached hydrogen (secondary N) is 4. The molecule has 154 valence electrons. The number of aryl methyl sites for hydroxylation is 3. The first kappa shape index (κ1) is 22.1. The maximum Gasteiger partial charge on any atom is 0.321 e. The van der Waals surface area contributed by atoms with Gasteiger partial charge in [0.05, 0.1) is 6.54 Å². The van der Waals surface area contributed by atoms with E-state index in [9.17, 15) is 14.4 Å². The van der Waals surface area contributed by atoms with E-state index in [0.29, 0.717) is 12.1 Å². The van der Waals surface area contributed by atoms with Gasteiger partial charge in [-0.1, -0.05) is 48.0 Å². The van der Waals surface area contributed by atoms with Gasteiger partial charge in [-0.2, -0.15) is 0 Å². The normalized spacial score (nSPS) is 11.4. The topological polar surface area (TPSA) is 99.3 Å². The fraction of sp³-hybridized carbons (Fsp3) is 0.318. The minimum absolute atomic E-state index is 0.0882. The molecule has 0 aliphatic carbocycles. The highest BCUT2D eigenvalue weighted by atomic mass is 16.2. The van der Waals surface area contributed by atoms with Gasteiger partial charge in [0.2, 0.25) is 11.8 Å². The van der Waals surface area contributed by atoms with Crippen molar-refractivity contribution in [3.05, 3.63) is 64.7 Å². The van der Waals surface area contributed by atoms with Gasteiger partial charge in [0.15, 0.2) is 0 Å². The quantitative estimate of drug-likeness (QED) is 0.578. The second-order valence-corrected chi connectivity index (χ2v) is 6.90. The van der Waals surface area contributed by atoms with Crippen LogP contribution in [0.3, 0.4) is 0 Å². The number of anilines is 1. The number of rotatable bonds is 7. The molecule has 7 nitrogen and oxygen atoms in total. The summed E-state index contributed by atoms with van der Waals surface area (Å²) in [6, 6.07) is 11.5. The van der Waals surface area contributed by atoms with Crippen molar-refractivity contribution in [2.24, 2.45) is 0 Å². The molecule has 0 radical (unpaired) electrons. The molecule has 0 aliphatic heterocycles. The van der Waals surface area contributed by atoms with E-state index in [1.54, 1.807) is 31.2 Å². The number of imide groups is 1. The summed E-state index contributed by atoms with van der Waals surface area (Å²) < 4.78 is 0. The maximum absolute atomic E-state index is 12.6. The van der Waals surface area contributed by atoms with Crippen LogP contribution in [0.25, 0.3) is 0 Å². The van der Waals surface area contributed by atoms with Crippen molar-refractivity contribution in [2.75, 3.05) is 18.4 Å². The molecule has 2 aromatic rings. The van der Waals surface area contributed by atoms with Crippen LogP contribution in [0.4, 0.5) is 10.5 Å². The summed E-state index contributed by atoms with van der Waals surface area (Å²) in [6.07, 6.45) is 0. The van der Waals surface area contributed by atoms with Crippen molar-refractivity contribution < 1.29 is 14.4 Å². The van der Waals surface area contributed by atoms with E-state index in [4.69, 9.17) is 0 Å². The zero-order chi connectivity index (χ0) is 21.4. The Bertz CT molecular complexity index is 858. The van der Waals surface area contributed by atoms with E-state index in [1.807, 2.05) is 39.0 Å². The van der Waals surface area contributed by atoms with Gasteiger partial charge in [0, 0.05) is 12.2 Å². The second kappa shape index (κ2) is 10.4. The average Bonchev–Trinajstić information content (AvgIpc) is 2.65. The molecule has 2 aromatic carbocycles. The molecule has 7 heteroatoms. The summed E-state index contributed by atoms with van der Waals surface area (Å²) in [4.78, 5) is 36.8. The van der Waals surface area contributed by atoms with Gasteiger partial charge in [0.1, 0.15) is 6.04 Å². The molecule has 0 aromatic heterocycles. The zero-order valence-electron chi connectivity index (χ0n) is 17.3. The van der Waals surface area contributed by atoms with Crippen molar-refractivity contribution >= 4 is 23.5 Å². The molecule has 0 unspecified atom stereocenters. The predicted octanol–water partition coefficient (Wildman–Crippen LogP) is 2.73. The van der Waals surface area contributed by atoms with Gasteiger partial charge in [-0.05, 0) is 44.4 Å². The van der Waals surface area contributed by atoms with E-state index in [-0.39, 0.29) is 12.5 Å². The Balaban J connectivity index is 2.08. The molecular weight excluding hydrogens is 368 g/mol. The number of hydrogen-bond donors (Lipinski definition) is 4. The minimum atomic E-state index is -0.843. The lowest BCUT2D eigenvalue weighted by Crippen LogP contribution is -2.46. The first-order valence-corrected chi connectivity index (χ1v) is 9.56. The van der Waals surface area contributed by atoms with Crippen LogP contribution in [0.1, 0.15) is 35.2 Å². The van der Waals surface area contributed by atoms with Gasteiger partial charge >= 0.3 is 6.03 Å². The maximum atomic E-state index is 12.6. The zero-order valence-corrected chi connectivity index (χ0v) is 17.3. The molecule has 1 atom stereocenters. The average molecular weight is 396 g/mol. The third-order valence-corrected chi connectivity index (χ3v) is 4.38. The van der Waals surface area contributed by atoms with Crippen molar-refractivity contribution in [1.29, 1.82) is 0 Å². The van der Waals surface area contributed by atoms with Crippen molar-refractivity contribution in [3.63, 3.8) is 0 Å². The summed E-state index contributed by atoms with van der Waals surface area (Å²) in [5.74, 6) is -0.801. The fourth-order valence-corrected chi connectivity index (χ4v) is 3.15. The highest BCUT2D eigenvalue weighted by Crippen LogP contribution is 2.21. The van der Waals surface area contributed by atoms with E-state index in [0.717, 1.165) is 22.4 Å². The smallest absolute Gasteiger partial charge is 0.321 e. The van der Waals surface area contributed by atoms with Gasteiger partial charge in [-0.15, -0.1) is 0 Å². The van der Waals surface area contributed by atoms with Gasteiger partial charge in [0.25, 0.3) is 0 Å². The Morgan fingerprint density at radius 1 is 0.966 bits per heavy atom. The molecule has 0 aliphatic rings. The number of carbonyl (C=O) groups is 3. The van der Waals surface area contributed by atoms with E-state index >= 15 is 0 Å². The van der Waals surface area contributed by atoms with Crippen LogP contribution in [0, 0.1) is 20.8 Å². The molecule has 0 saturated heterocycles. The van der Waals surface area contributed by atoms with E-state index in [1.165, 1.54) is 0 Å². The summed E-state index contributed by atoms with van der Waals surface area (Å²) >= 11 is 0. The molecular formula is C22H28N4O3. The van der Waals surface area contributed by atoms with Crippen molar-refractivity contribution in [1.82, 2.24) is 16.0 Å². The fourth-order valence-electron chi connectivity index (χ4n) is 3.15. The third-order valence-electron chi connectivity index (χ3n) is 4.38. The van der Waals surface area contributed by atoms with E-state index < -0.39 is 18.0 Å². The highest BCUT2D eigenvalue weighted by Gasteiger charge is 2.23. The lowest BCUT2D eigenvalue weighted by Gasteiger charge is -2.19.